The Balaban J connectivity index is 2.14. The molecule has 2 heterocycles. The van der Waals surface area contributed by atoms with Gasteiger partial charge in [-0.1, -0.05) is 11.6 Å². The SMILES string of the molecule is CCOc1ccc(Cl)c(C(O)c2c[nH]c3ncc(Br)cc23)c1F. The highest BCUT2D eigenvalue weighted by molar-refractivity contribution is 9.10. The van der Waals surface area contributed by atoms with Crippen LogP contribution in [-0.4, -0.2) is 21.7 Å². The quantitative estimate of drug-likeness (QED) is 0.674. The zero-order chi connectivity index (χ0) is 16.6. The van der Waals surface area contributed by atoms with Crippen molar-refractivity contribution in [1.82, 2.24) is 9.97 Å². The van der Waals surface area contributed by atoms with Gasteiger partial charge in [0.25, 0.3) is 0 Å². The lowest BCUT2D eigenvalue weighted by molar-refractivity contribution is 0.214. The van der Waals surface area contributed by atoms with E-state index >= 15 is 0 Å². The van der Waals surface area contributed by atoms with Crippen LogP contribution in [0.25, 0.3) is 11.0 Å². The molecule has 0 aliphatic carbocycles. The average Bonchev–Trinajstić information content (AvgIpc) is 2.93. The fraction of sp³-hybridized carbons (Fsp3) is 0.188. The van der Waals surface area contributed by atoms with Gasteiger partial charge in [0.1, 0.15) is 11.8 Å². The first-order valence-electron chi connectivity index (χ1n) is 6.94. The number of benzene rings is 1. The highest BCUT2D eigenvalue weighted by atomic mass is 79.9. The molecule has 0 saturated heterocycles. The molecule has 7 heteroatoms. The molecule has 0 radical (unpaired) electrons. The van der Waals surface area contributed by atoms with E-state index in [9.17, 15) is 9.50 Å². The van der Waals surface area contributed by atoms with Crippen molar-refractivity contribution in [3.8, 4) is 5.75 Å². The minimum Gasteiger partial charge on any atom is -0.491 e. The van der Waals surface area contributed by atoms with Crippen LogP contribution in [0.15, 0.2) is 35.1 Å². The summed E-state index contributed by atoms with van der Waals surface area (Å²) in [7, 11) is 0. The minimum absolute atomic E-state index is 0.0153. The maximum atomic E-state index is 14.6. The van der Waals surface area contributed by atoms with E-state index in [1.807, 2.05) is 0 Å². The van der Waals surface area contributed by atoms with E-state index in [0.29, 0.717) is 23.2 Å². The van der Waals surface area contributed by atoms with E-state index in [2.05, 4.69) is 25.9 Å². The van der Waals surface area contributed by atoms with Crippen molar-refractivity contribution in [2.75, 3.05) is 6.61 Å². The van der Waals surface area contributed by atoms with Crippen molar-refractivity contribution in [2.24, 2.45) is 0 Å². The number of aromatic amines is 1. The number of aromatic nitrogens is 2. The van der Waals surface area contributed by atoms with E-state index in [4.69, 9.17) is 16.3 Å². The topological polar surface area (TPSA) is 58.1 Å². The van der Waals surface area contributed by atoms with Crippen molar-refractivity contribution in [2.45, 2.75) is 13.0 Å². The number of fused-ring (bicyclic) bond motifs is 1. The lowest BCUT2D eigenvalue weighted by Gasteiger charge is -2.15. The lowest BCUT2D eigenvalue weighted by atomic mass is 10.0. The molecule has 2 N–H and O–H groups in total. The summed E-state index contributed by atoms with van der Waals surface area (Å²) < 4.78 is 20.6. The van der Waals surface area contributed by atoms with Crippen LogP contribution in [0.4, 0.5) is 4.39 Å². The third-order valence-electron chi connectivity index (χ3n) is 3.49. The number of rotatable bonds is 4. The molecular formula is C16H13BrClFN2O2. The molecule has 4 nitrogen and oxygen atoms in total. The van der Waals surface area contributed by atoms with Gasteiger partial charge in [-0.3, -0.25) is 0 Å². The van der Waals surface area contributed by atoms with Crippen LogP contribution in [0.2, 0.25) is 5.02 Å². The fourth-order valence-electron chi connectivity index (χ4n) is 2.45. The molecule has 0 bridgehead atoms. The van der Waals surface area contributed by atoms with Crippen molar-refractivity contribution in [3.63, 3.8) is 0 Å². The van der Waals surface area contributed by atoms with Gasteiger partial charge in [-0.15, -0.1) is 0 Å². The lowest BCUT2D eigenvalue weighted by Crippen LogP contribution is -2.06. The predicted molar refractivity (Wildman–Crippen MR) is 90.4 cm³/mol. The van der Waals surface area contributed by atoms with Gasteiger partial charge < -0.3 is 14.8 Å². The third kappa shape index (κ3) is 2.94. The zero-order valence-electron chi connectivity index (χ0n) is 12.1. The first-order chi connectivity index (χ1) is 11.0. The number of halogens is 3. The Morgan fingerprint density at radius 3 is 3.00 bits per heavy atom. The molecule has 0 spiro atoms. The second-order valence-corrected chi connectivity index (χ2v) is 6.23. The van der Waals surface area contributed by atoms with E-state index < -0.39 is 11.9 Å². The van der Waals surface area contributed by atoms with E-state index in [1.165, 1.54) is 12.1 Å². The molecule has 120 valence electrons. The Morgan fingerprint density at radius 1 is 1.48 bits per heavy atom. The summed E-state index contributed by atoms with van der Waals surface area (Å²) in [5, 5.41) is 11.5. The normalized spacial score (nSPS) is 12.6. The summed E-state index contributed by atoms with van der Waals surface area (Å²) in [6.45, 7) is 2.07. The first kappa shape index (κ1) is 16.2. The molecule has 3 rings (SSSR count). The van der Waals surface area contributed by atoms with Gasteiger partial charge in [0.05, 0.1) is 6.61 Å². The molecule has 1 atom stereocenters. The van der Waals surface area contributed by atoms with Crippen LogP contribution >= 0.6 is 27.5 Å². The molecule has 0 fully saturated rings. The number of nitrogens with one attached hydrogen (secondary N) is 1. The number of H-pyrrole nitrogens is 1. The smallest absolute Gasteiger partial charge is 0.172 e. The number of aliphatic hydroxyl groups is 1. The van der Waals surface area contributed by atoms with Crippen molar-refractivity contribution in [1.29, 1.82) is 0 Å². The number of aliphatic hydroxyl groups excluding tert-OH is 1. The molecule has 0 amide bonds. The second kappa shape index (κ2) is 6.47. The second-order valence-electron chi connectivity index (χ2n) is 4.90. The Hall–Kier alpha value is -1.63. The molecule has 1 aromatic carbocycles. The molecule has 0 aliphatic heterocycles. The van der Waals surface area contributed by atoms with Gasteiger partial charge in [0.15, 0.2) is 11.6 Å². The number of hydrogen-bond acceptors (Lipinski definition) is 3. The van der Waals surface area contributed by atoms with Gasteiger partial charge in [0.2, 0.25) is 0 Å². The summed E-state index contributed by atoms with van der Waals surface area (Å²) in [6.07, 6.45) is 1.99. The van der Waals surface area contributed by atoms with Gasteiger partial charge >= 0.3 is 0 Å². The Kier molecular flexibility index (Phi) is 4.57. The number of pyridine rings is 1. The Bertz CT molecular complexity index is 869. The standard InChI is InChI=1S/C16H13BrClFN2O2/c1-2-23-12-4-3-11(18)13(14(12)19)15(22)10-7-21-16-9(10)5-8(17)6-20-16/h3-7,15,22H,2H2,1H3,(H,20,21). The molecule has 3 aromatic rings. The van der Waals surface area contributed by atoms with Gasteiger partial charge in [-0.05, 0) is 41.1 Å². The summed E-state index contributed by atoms with van der Waals surface area (Å²) in [5.41, 5.74) is 1.07. The monoisotopic (exact) mass is 398 g/mol. The van der Waals surface area contributed by atoms with Crippen LogP contribution in [0, 0.1) is 5.82 Å². The van der Waals surface area contributed by atoms with Crippen molar-refractivity contribution in [3.05, 3.63) is 57.0 Å². The highest BCUT2D eigenvalue weighted by Gasteiger charge is 2.24. The minimum atomic E-state index is -1.24. The third-order valence-corrected chi connectivity index (χ3v) is 4.25. The fourth-order valence-corrected chi connectivity index (χ4v) is 3.03. The molecule has 0 aliphatic rings. The summed E-state index contributed by atoms with van der Waals surface area (Å²) in [4.78, 5) is 7.16. The molecular weight excluding hydrogens is 387 g/mol. The summed E-state index contributed by atoms with van der Waals surface area (Å²) in [6, 6.07) is 4.76. The van der Waals surface area contributed by atoms with Crippen LogP contribution in [-0.2, 0) is 0 Å². The molecule has 1 unspecified atom stereocenters. The summed E-state index contributed by atoms with van der Waals surface area (Å²) >= 11 is 9.44. The zero-order valence-corrected chi connectivity index (χ0v) is 14.4. The molecule has 2 aromatic heterocycles. The van der Waals surface area contributed by atoms with E-state index in [-0.39, 0.29) is 16.3 Å². The first-order valence-corrected chi connectivity index (χ1v) is 8.11. The van der Waals surface area contributed by atoms with Gasteiger partial charge in [-0.2, -0.15) is 0 Å². The number of ether oxygens (including phenoxy) is 1. The summed E-state index contributed by atoms with van der Waals surface area (Å²) in [5.74, 6) is -0.603. The predicted octanol–water partition coefficient (Wildman–Crippen LogP) is 4.60. The molecule has 0 saturated carbocycles. The van der Waals surface area contributed by atoms with E-state index in [1.54, 1.807) is 25.4 Å². The number of hydrogen-bond donors (Lipinski definition) is 2. The average molecular weight is 400 g/mol. The van der Waals surface area contributed by atoms with Crippen molar-refractivity contribution >= 4 is 38.6 Å². The van der Waals surface area contributed by atoms with E-state index in [0.717, 1.165) is 4.47 Å². The van der Waals surface area contributed by atoms with Crippen LogP contribution in [0.3, 0.4) is 0 Å². The van der Waals surface area contributed by atoms with Crippen LogP contribution in [0.1, 0.15) is 24.2 Å². The van der Waals surface area contributed by atoms with Gasteiger partial charge in [-0.25, -0.2) is 9.37 Å². The van der Waals surface area contributed by atoms with Crippen molar-refractivity contribution < 1.29 is 14.2 Å². The molecule has 23 heavy (non-hydrogen) atoms. The van der Waals surface area contributed by atoms with Crippen LogP contribution in [0.5, 0.6) is 5.75 Å². The Morgan fingerprint density at radius 2 is 2.26 bits per heavy atom. The van der Waals surface area contributed by atoms with Gasteiger partial charge in [0, 0.05) is 38.4 Å². The highest BCUT2D eigenvalue weighted by Crippen LogP contribution is 2.37. The van der Waals surface area contributed by atoms with Crippen LogP contribution < -0.4 is 4.74 Å². The largest absolute Gasteiger partial charge is 0.491 e. The number of nitrogens with zero attached hydrogens (tertiary/aromatic N) is 1. The maximum absolute atomic E-state index is 14.6. The Labute approximate surface area is 145 Å². The maximum Gasteiger partial charge on any atom is 0.172 e.